The highest BCUT2D eigenvalue weighted by Crippen LogP contribution is 2.19. The third-order valence-corrected chi connectivity index (χ3v) is 2.61. The van der Waals surface area contributed by atoms with E-state index >= 15 is 0 Å². The van der Waals surface area contributed by atoms with Crippen LogP contribution in [-0.2, 0) is 0 Å². The van der Waals surface area contributed by atoms with Crippen LogP contribution in [0.1, 0.15) is 31.9 Å². The number of hydrogen-bond donors (Lipinski definition) is 1. The van der Waals surface area contributed by atoms with E-state index < -0.39 is 0 Å². The standard InChI is InChI=1S/C13H18N2O/c1-4-12(9-14)15-10(2)11-6-5-7-13(8-11)16-3/h5-8,10,12,15H,4H2,1-3H3/t10-,12?/m0/s1. The van der Waals surface area contributed by atoms with Crippen molar-refractivity contribution in [3.8, 4) is 11.8 Å². The molecule has 1 aromatic carbocycles. The van der Waals surface area contributed by atoms with Gasteiger partial charge in [0.2, 0.25) is 0 Å². The van der Waals surface area contributed by atoms with E-state index in [0.29, 0.717) is 0 Å². The summed E-state index contributed by atoms with van der Waals surface area (Å²) < 4.78 is 5.17. The molecule has 0 spiro atoms. The first-order valence-electron chi connectivity index (χ1n) is 5.50. The fourth-order valence-electron chi connectivity index (χ4n) is 1.56. The van der Waals surface area contributed by atoms with Crippen LogP contribution < -0.4 is 10.1 Å². The minimum atomic E-state index is -0.0961. The molecule has 3 nitrogen and oxygen atoms in total. The van der Waals surface area contributed by atoms with Gasteiger partial charge in [0.1, 0.15) is 5.75 Å². The number of nitrogens with zero attached hydrogens (tertiary/aromatic N) is 1. The summed E-state index contributed by atoms with van der Waals surface area (Å²) in [6.07, 6.45) is 0.810. The predicted octanol–water partition coefficient (Wildman–Crippen LogP) is 2.65. The molecule has 0 saturated heterocycles. The van der Waals surface area contributed by atoms with Crippen molar-refractivity contribution in [1.82, 2.24) is 5.32 Å². The van der Waals surface area contributed by atoms with Gasteiger partial charge < -0.3 is 4.74 Å². The Morgan fingerprint density at radius 3 is 2.81 bits per heavy atom. The number of rotatable bonds is 5. The third kappa shape index (κ3) is 3.25. The van der Waals surface area contributed by atoms with Crippen LogP contribution in [-0.4, -0.2) is 13.2 Å². The Hall–Kier alpha value is -1.53. The number of hydrogen-bond acceptors (Lipinski definition) is 3. The van der Waals surface area contributed by atoms with Gasteiger partial charge in [-0.15, -0.1) is 0 Å². The van der Waals surface area contributed by atoms with Crippen molar-refractivity contribution < 1.29 is 4.74 Å². The molecule has 0 aliphatic carbocycles. The van der Waals surface area contributed by atoms with E-state index in [2.05, 4.69) is 18.3 Å². The van der Waals surface area contributed by atoms with Gasteiger partial charge in [-0.05, 0) is 31.0 Å². The Morgan fingerprint density at radius 2 is 2.25 bits per heavy atom. The molecule has 0 saturated carbocycles. The second kappa shape index (κ2) is 6.14. The quantitative estimate of drug-likeness (QED) is 0.826. The summed E-state index contributed by atoms with van der Waals surface area (Å²) in [5, 5.41) is 12.2. The first kappa shape index (κ1) is 12.5. The highest BCUT2D eigenvalue weighted by Gasteiger charge is 2.11. The molecule has 3 heteroatoms. The maximum absolute atomic E-state index is 8.89. The van der Waals surface area contributed by atoms with Crippen LogP contribution in [0.5, 0.6) is 5.75 Å². The average molecular weight is 218 g/mol. The summed E-state index contributed by atoms with van der Waals surface area (Å²) in [5.41, 5.74) is 1.13. The first-order valence-corrected chi connectivity index (χ1v) is 5.50. The fraction of sp³-hybridized carbons (Fsp3) is 0.462. The lowest BCUT2D eigenvalue weighted by Gasteiger charge is -2.17. The summed E-state index contributed by atoms with van der Waals surface area (Å²) in [6.45, 7) is 4.05. The van der Waals surface area contributed by atoms with E-state index in [1.807, 2.05) is 31.2 Å². The van der Waals surface area contributed by atoms with Crippen molar-refractivity contribution in [2.45, 2.75) is 32.4 Å². The summed E-state index contributed by atoms with van der Waals surface area (Å²) in [6, 6.07) is 10.2. The highest BCUT2D eigenvalue weighted by molar-refractivity contribution is 5.30. The average Bonchev–Trinajstić information content (AvgIpc) is 2.35. The number of nitriles is 1. The van der Waals surface area contributed by atoms with E-state index in [0.717, 1.165) is 17.7 Å². The molecule has 1 N–H and O–H groups in total. The van der Waals surface area contributed by atoms with Crippen molar-refractivity contribution in [3.63, 3.8) is 0 Å². The van der Waals surface area contributed by atoms with E-state index in [1.54, 1.807) is 7.11 Å². The Morgan fingerprint density at radius 1 is 1.50 bits per heavy atom. The molecule has 2 atom stereocenters. The van der Waals surface area contributed by atoms with Gasteiger partial charge in [0.05, 0.1) is 19.2 Å². The number of benzene rings is 1. The van der Waals surface area contributed by atoms with Crippen LogP contribution in [0.15, 0.2) is 24.3 Å². The molecule has 0 aliphatic heterocycles. The van der Waals surface area contributed by atoms with Crippen LogP contribution >= 0.6 is 0 Å². The van der Waals surface area contributed by atoms with E-state index in [1.165, 1.54) is 0 Å². The van der Waals surface area contributed by atoms with Gasteiger partial charge in [-0.1, -0.05) is 19.1 Å². The predicted molar refractivity (Wildman–Crippen MR) is 64.2 cm³/mol. The Kier molecular flexibility index (Phi) is 4.81. The lowest BCUT2D eigenvalue weighted by molar-refractivity contribution is 0.412. The topological polar surface area (TPSA) is 45.0 Å². The molecular formula is C13H18N2O. The van der Waals surface area contributed by atoms with Crippen molar-refractivity contribution in [1.29, 1.82) is 5.26 Å². The van der Waals surface area contributed by atoms with Crippen LogP contribution in [0.25, 0.3) is 0 Å². The third-order valence-electron chi connectivity index (χ3n) is 2.61. The Balaban J connectivity index is 2.72. The molecule has 1 aromatic rings. The SMILES string of the molecule is CCC(C#N)N[C@@H](C)c1cccc(OC)c1. The smallest absolute Gasteiger partial charge is 0.119 e. The molecule has 0 amide bonds. The molecule has 0 aliphatic rings. The molecule has 0 fully saturated rings. The molecule has 1 rings (SSSR count). The van der Waals surface area contributed by atoms with Crippen molar-refractivity contribution >= 4 is 0 Å². The molecular weight excluding hydrogens is 200 g/mol. The fourth-order valence-corrected chi connectivity index (χ4v) is 1.56. The molecule has 0 aromatic heterocycles. The maximum Gasteiger partial charge on any atom is 0.119 e. The second-order valence-corrected chi connectivity index (χ2v) is 3.75. The maximum atomic E-state index is 8.89. The Labute approximate surface area is 97.0 Å². The van der Waals surface area contributed by atoms with E-state index in [4.69, 9.17) is 10.00 Å². The largest absolute Gasteiger partial charge is 0.497 e. The second-order valence-electron chi connectivity index (χ2n) is 3.75. The summed E-state index contributed by atoms with van der Waals surface area (Å²) in [7, 11) is 1.65. The van der Waals surface area contributed by atoms with Crippen LogP contribution in [0.4, 0.5) is 0 Å². The van der Waals surface area contributed by atoms with E-state index in [-0.39, 0.29) is 12.1 Å². The zero-order valence-electron chi connectivity index (χ0n) is 10.0. The summed E-state index contributed by atoms with van der Waals surface area (Å²) in [4.78, 5) is 0. The Bertz CT molecular complexity index is 370. The molecule has 86 valence electrons. The number of nitrogens with one attached hydrogen (secondary N) is 1. The van der Waals surface area contributed by atoms with Gasteiger partial charge >= 0.3 is 0 Å². The lowest BCUT2D eigenvalue weighted by Crippen LogP contribution is -2.29. The minimum absolute atomic E-state index is 0.0961. The zero-order valence-corrected chi connectivity index (χ0v) is 10.0. The highest BCUT2D eigenvalue weighted by atomic mass is 16.5. The molecule has 1 unspecified atom stereocenters. The van der Waals surface area contributed by atoms with Crippen molar-refractivity contribution in [2.24, 2.45) is 0 Å². The van der Waals surface area contributed by atoms with Crippen molar-refractivity contribution in [3.05, 3.63) is 29.8 Å². The molecule has 0 heterocycles. The van der Waals surface area contributed by atoms with Crippen LogP contribution in [0.3, 0.4) is 0 Å². The van der Waals surface area contributed by atoms with Crippen LogP contribution in [0, 0.1) is 11.3 Å². The first-order chi connectivity index (χ1) is 7.71. The van der Waals surface area contributed by atoms with E-state index in [9.17, 15) is 0 Å². The number of methoxy groups -OCH3 is 1. The molecule has 0 bridgehead atoms. The van der Waals surface area contributed by atoms with Gasteiger partial charge in [-0.3, -0.25) is 5.32 Å². The lowest BCUT2D eigenvalue weighted by atomic mass is 10.1. The van der Waals surface area contributed by atoms with Crippen molar-refractivity contribution in [2.75, 3.05) is 7.11 Å². The molecule has 16 heavy (non-hydrogen) atoms. The van der Waals surface area contributed by atoms with Gasteiger partial charge in [0.15, 0.2) is 0 Å². The zero-order chi connectivity index (χ0) is 12.0. The van der Waals surface area contributed by atoms with Gasteiger partial charge in [0.25, 0.3) is 0 Å². The minimum Gasteiger partial charge on any atom is -0.497 e. The number of ether oxygens (including phenoxy) is 1. The van der Waals surface area contributed by atoms with Gasteiger partial charge in [-0.25, -0.2) is 0 Å². The summed E-state index contributed by atoms with van der Waals surface area (Å²) >= 11 is 0. The monoisotopic (exact) mass is 218 g/mol. The van der Waals surface area contributed by atoms with Gasteiger partial charge in [0, 0.05) is 6.04 Å². The normalized spacial score (nSPS) is 13.9. The molecule has 0 radical (unpaired) electrons. The summed E-state index contributed by atoms with van der Waals surface area (Å²) in [5.74, 6) is 0.844. The van der Waals surface area contributed by atoms with Gasteiger partial charge in [-0.2, -0.15) is 5.26 Å². The van der Waals surface area contributed by atoms with Crippen LogP contribution in [0.2, 0.25) is 0 Å².